The number of benzene rings is 7. The van der Waals surface area contributed by atoms with Gasteiger partial charge in [-0.15, -0.1) is 11.3 Å². The molecule has 3 heterocycles. The second-order valence-electron chi connectivity index (χ2n) is 15.0. The van der Waals surface area contributed by atoms with Gasteiger partial charge >= 0.3 is 0 Å². The molecule has 10 aromatic rings. The van der Waals surface area contributed by atoms with E-state index in [0.29, 0.717) is 11.6 Å². The highest BCUT2D eigenvalue weighted by molar-refractivity contribution is 7.26. The first-order chi connectivity index (χ1) is 28.7. The van der Waals surface area contributed by atoms with Crippen molar-refractivity contribution >= 4 is 43.7 Å². The average Bonchev–Trinajstić information content (AvgIpc) is 3.77. The second kappa shape index (κ2) is 12.8. The van der Waals surface area contributed by atoms with Crippen LogP contribution < -0.4 is 0 Å². The summed E-state index contributed by atoms with van der Waals surface area (Å²) >= 11 is 1.87. The normalized spacial score (nSPS) is 14.9. The van der Waals surface area contributed by atoms with Gasteiger partial charge in [0.1, 0.15) is 0 Å². The number of nitrogens with zero attached hydrogens (tertiary/aromatic N) is 4. The van der Waals surface area contributed by atoms with E-state index in [1.807, 2.05) is 78.3 Å². The fourth-order valence-corrected chi connectivity index (χ4v) is 10.4. The van der Waals surface area contributed by atoms with Crippen molar-refractivity contribution in [3.05, 3.63) is 216 Å². The van der Waals surface area contributed by atoms with Crippen molar-refractivity contribution in [2.45, 2.75) is 5.41 Å². The van der Waals surface area contributed by atoms with E-state index >= 15 is 0 Å². The fourth-order valence-electron chi connectivity index (χ4n) is 9.31. The number of hydrogen-bond donors (Lipinski definition) is 0. The third-order valence-electron chi connectivity index (χ3n) is 11.8. The number of fused-ring (bicyclic) bond motifs is 13. The van der Waals surface area contributed by atoms with Crippen molar-refractivity contribution in [3.63, 3.8) is 0 Å². The van der Waals surface area contributed by atoms with E-state index in [1.165, 1.54) is 64.7 Å². The molecule has 1 atom stereocenters. The Labute approximate surface area is 339 Å². The molecule has 0 aliphatic heterocycles. The van der Waals surface area contributed by atoms with Crippen LogP contribution in [-0.4, -0.2) is 19.9 Å². The van der Waals surface area contributed by atoms with Gasteiger partial charge in [-0.2, -0.15) is 0 Å². The molecule has 7 aromatic carbocycles. The maximum absolute atomic E-state index is 5.28. The van der Waals surface area contributed by atoms with E-state index in [0.717, 1.165) is 33.6 Å². The first-order valence-corrected chi connectivity index (χ1v) is 20.4. The summed E-state index contributed by atoms with van der Waals surface area (Å²) in [4.78, 5) is 20.1. The monoisotopic (exact) mass is 756 g/mol. The van der Waals surface area contributed by atoms with Crippen molar-refractivity contribution in [2.24, 2.45) is 0 Å². The summed E-state index contributed by atoms with van der Waals surface area (Å²) in [6.45, 7) is 0. The highest BCUT2D eigenvalue weighted by Gasteiger charge is 2.49. The third-order valence-corrected chi connectivity index (χ3v) is 13.0. The van der Waals surface area contributed by atoms with E-state index in [-0.39, 0.29) is 0 Å². The topological polar surface area (TPSA) is 51.6 Å². The van der Waals surface area contributed by atoms with Crippen LogP contribution in [0, 0.1) is 0 Å². The minimum absolute atomic E-state index is 0.602. The third kappa shape index (κ3) is 4.87. The molecule has 1 spiro atoms. The van der Waals surface area contributed by atoms with Gasteiger partial charge in [-0.05, 0) is 68.8 Å². The lowest BCUT2D eigenvalue weighted by Gasteiger charge is -2.35. The predicted molar refractivity (Wildman–Crippen MR) is 238 cm³/mol. The summed E-state index contributed by atoms with van der Waals surface area (Å²) < 4.78 is 2.61. The lowest BCUT2D eigenvalue weighted by Crippen LogP contribution is -2.30. The van der Waals surface area contributed by atoms with Crippen LogP contribution in [0.1, 0.15) is 33.4 Å². The van der Waals surface area contributed by atoms with Gasteiger partial charge in [0.05, 0.1) is 16.8 Å². The molecule has 0 amide bonds. The van der Waals surface area contributed by atoms with Gasteiger partial charge in [0.15, 0.2) is 11.6 Å². The van der Waals surface area contributed by atoms with Crippen molar-refractivity contribution in [1.29, 1.82) is 0 Å². The number of thiophene rings is 1. The Bertz CT molecular complexity index is 3280. The van der Waals surface area contributed by atoms with Gasteiger partial charge in [0, 0.05) is 54.8 Å². The number of aromatic nitrogens is 4. The molecule has 0 fully saturated rings. The SMILES string of the molecule is C1=Cc2ccc(-c3nc(-c4ccccc4)cc(-c4cnc(-c5ccccc5)nc4)n3)cc2C2(c3ccccc31)c1ccccc1-c1c2ccc2sc3ccccc3c12. The molecular weight excluding hydrogens is 725 g/mol. The van der Waals surface area contributed by atoms with Crippen LogP contribution in [0.3, 0.4) is 0 Å². The van der Waals surface area contributed by atoms with Crippen LogP contribution >= 0.6 is 11.3 Å². The highest BCUT2D eigenvalue weighted by Crippen LogP contribution is 2.61. The van der Waals surface area contributed by atoms with Gasteiger partial charge in [-0.3, -0.25) is 0 Å². The average molecular weight is 757 g/mol. The molecule has 1 unspecified atom stereocenters. The number of rotatable bonds is 4. The number of hydrogen-bond acceptors (Lipinski definition) is 5. The molecular formula is C53H32N4S. The molecule has 0 N–H and O–H groups in total. The summed E-state index contributed by atoms with van der Waals surface area (Å²) in [5.74, 6) is 1.32. The van der Waals surface area contributed by atoms with Crippen LogP contribution in [0.25, 0.3) is 88.7 Å². The molecule has 0 bridgehead atoms. The van der Waals surface area contributed by atoms with E-state index in [2.05, 4.69) is 127 Å². The van der Waals surface area contributed by atoms with Gasteiger partial charge in [-0.1, -0.05) is 158 Å². The van der Waals surface area contributed by atoms with Crippen LogP contribution in [0.5, 0.6) is 0 Å². The molecule has 12 rings (SSSR count). The van der Waals surface area contributed by atoms with E-state index in [1.54, 1.807) is 0 Å². The van der Waals surface area contributed by atoms with E-state index in [4.69, 9.17) is 19.9 Å². The minimum Gasteiger partial charge on any atom is -0.236 e. The Morgan fingerprint density at radius 2 is 1.07 bits per heavy atom. The lowest BCUT2D eigenvalue weighted by atomic mass is 9.65. The zero-order valence-electron chi connectivity index (χ0n) is 31.2. The standard InChI is InChI=1S/C53H32N4S/c1-3-14-35(15-4-1)45-30-46(38-31-54-51(55-32-38)36-16-5-2-6-17-36)57-52(56-45)37-26-25-34-24-23-33-13-7-10-20-41(33)53(44(34)29-37)42-21-11-8-18-39(42)49-43(53)27-28-48-50(49)40-19-9-12-22-47(40)58-48/h1-32H. The fraction of sp³-hybridized carbons (Fsp3) is 0.0189. The molecule has 58 heavy (non-hydrogen) atoms. The summed E-state index contributed by atoms with van der Waals surface area (Å²) in [6.07, 6.45) is 8.30. The van der Waals surface area contributed by atoms with Crippen molar-refractivity contribution in [3.8, 4) is 56.4 Å². The smallest absolute Gasteiger partial charge is 0.160 e. The van der Waals surface area contributed by atoms with Crippen molar-refractivity contribution in [1.82, 2.24) is 19.9 Å². The highest BCUT2D eigenvalue weighted by atomic mass is 32.1. The van der Waals surface area contributed by atoms with Gasteiger partial charge < -0.3 is 0 Å². The van der Waals surface area contributed by atoms with Crippen LogP contribution in [-0.2, 0) is 5.41 Å². The van der Waals surface area contributed by atoms with Crippen molar-refractivity contribution in [2.75, 3.05) is 0 Å². The molecule has 270 valence electrons. The molecule has 0 radical (unpaired) electrons. The van der Waals surface area contributed by atoms with Crippen LogP contribution in [0.15, 0.2) is 182 Å². The van der Waals surface area contributed by atoms with E-state index < -0.39 is 5.41 Å². The zero-order chi connectivity index (χ0) is 38.2. The Hall–Kier alpha value is -7.34. The first kappa shape index (κ1) is 32.9. The summed E-state index contributed by atoms with van der Waals surface area (Å²) in [7, 11) is 0. The van der Waals surface area contributed by atoms with Crippen LogP contribution in [0.4, 0.5) is 0 Å². The maximum atomic E-state index is 5.28. The van der Waals surface area contributed by atoms with Crippen LogP contribution in [0.2, 0.25) is 0 Å². The molecule has 2 aliphatic rings. The zero-order valence-corrected chi connectivity index (χ0v) is 32.0. The quantitative estimate of drug-likeness (QED) is 0.179. The Morgan fingerprint density at radius 1 is 0.414 bits per heavy atom. The van der Waals surface area contributed by atoms with Gasteiger partial charge in [-0.25, -0.2) is 19.9 Å². The minimum atomic E-state index is -0.602. The molecule has 3 aromatic heterocycles. The molecule has 0 saturated carbocycles. The second-order valence-corrected chi connectivity index (χ2v) is 16.1. The molecule has 2 aliphatic carbocycles. The van der Waals surface area contributed by atoms with E-state index in [9.17, 15) is 0 Å². The molecule has 4 nitrogen and oxygen atoms in total. The first-order valence-electron chi connectivity index (χ1n) is 19.5. The largest absolute Gasteiger partial charge is 0.236 e. The van der Waals surface area contributed by atoms with Gasteiger partial charge in [0.2, 0.25) is 0 Å². The maximum Gasteiger partial charge on any atom is 0.160 e. The van der Waals surface area contributed by atoms with Crippen molar-refractivity contribution < 1.29 is 0 Å². The summed E-state index contributed by atoms with van der Waals surface area (Å²) in [5, 5.41) is 2.64. The lowest BCUT2D eigenvalue weighted by molar-refractivity contribution is 0.767. The predicted octanol–water partition coefficient (Wildman–Crippen LogP) is 13.1. The molecule has 0 saturated heterocycles. The Kier molecular flexibility index (Phi) is 7.28. The molecule has 5 heteroatoms. The Morgan fingerprint density at radius 3 is 1.88 bits per heavy atom. The summed E-state index contributed by atoms with van der Waals surface area (Å²) in [6, 6.07) is 60.8. The Balaban J connectivity index is 1.12. The summed E-state index contributed by atoms with van der Waals surface area (Å²) in [5.41, 5.74) is 14.8. The van der Waals surface area contributed by atoms with Gasteiger partial charge in [0.25, 0.3) is 0 Å².